The molecule has 4 nitrogen and oxygen atoms in total. The van der Waals surface area contributed by atoms with E-state index in [2.05, 4.69) is 17.7 Å². The molecule has 1 aromatic carbocycles. The van der Waals surface area contributed by atoms with Gasteiger partial charge in [-0.1, -0.05) is 6.07 Å². The largest absolute Gasteiger partial charge is 0.478 e. The molecule has 94 valence electrons. The SMILES string of the molecule is Cc1cn(C2CCOC2)c2cc(C(=O)O)ccc12. The Morgan fingerprint density at radius 3 is 3.00 bits per heavy atom. The van der Waals surface area contributed by atoms with E-state index in [1.165, 1.54) is 5.56 Å². The van der Waals surface area contributed by atoms with E-state index in [4.69, 9.17) is 9.84 Å². The molecule has 0 aliphatic carbocycles. The molecular weight excluding hydrogens is 230 g/mol. The fraction of sp³-hybridized carbons (Fsp3) is 0.357. The van der Waals surface area contributed by atoms with Gasteiger partial charge in [-0.25, -0.2) is 4.79 Å². The van der Waals surface area contributed by atoms with Crippen LogP contribution < -0.4 is 0 Å². The zero-order chi connectivity index (χ0) is 12.7. The number of ether oxygens (including phenoxy) is 1. The topological polar surface area (TPSA) is 51.5 Å². The third-order valence-corrected chi connectivity index (χ3v) is 3.58. The molecule has 0 spiro atoms. The van der Waals surface area contributed by atoms with Gasteiger partial charge in [0.25, 0.3) is 0 Å². The van der Waals surface area contributed by atoms with Gasteiger partial charge in [0.15, 0.2) is 0 Å². The zero-order valence-electron chi connectivity index (χ0n) is 10.2. The monoisotopic (exact) mass is 245 g/mol. The van der Waals surface area contributed by atoms with Crippen molar-refractivity contribution in [3.8, 4) is 0 Å². The van der Waals surface area contributed by atoms with Crippen molar-refractivity contribution in [2.45, 2.75) is 19.4 Å². The number of carboxylic acid groups (broad SMARTS) is 1. The molecule has 2 heterocycles. The molecular formula is C14H15NO3. The highest BCUT2D eigenvalue weighted by atomic mass is 16.5. The summed E-state index contributed by atoms with van der Waals surface area (Å²) in [6, 6.07) is 5.63. The number of aromatic nitrogens is 1. The van der Waals surface area contributed by atoms with Crippen molar-refractivity contribution >= 4 is 16.9 Å². The van der Waals surface area contributed by atoms with Crippen LogP contribution in [0.1, 0.15) is 28.4 Å². The Morgan fingerprint density at radius 1 is 1.50 bits per heavy atom. The van der Waals surface area contributed by atoms with Crippen molar-refractivity contribution in [1.29, 1.82) is 0 Å². The number of aromatic carboxylic acids is 1. The predicted molar refractivity (Wildman–Crippen MR) is 68.1 cm³/mol. The average molecular weight is 245 g/mol. The summed E-state index contributed by atoms with van der Waals surface area (Å²) in [5.41, 5.74) is 2.50. The van der Waals surface area contributed by atoms with Gasteiger partial charge in [0.1, 0.15) is 0 Å². The van der Waals surface area contributed by atoms with Crippen LogP contribution in [-0.2, 0) is 4.74 Å². The molecule has 0 radical (unpaired) electrons. The summed E-state index contributed by atoms with van der Waals surface area (Å²) in [5, 5.41) is 10.2. The highest BCUT2D eigenvalue weighted by molar-refractivity contribution is 5.94. The number of rotatable bonds is 2. The highest BCUT2D eigenvalue weighted by Gasteiger charge is 2.20. The molecule has 1 aromatic heterocycles. The minimum Gasteiger partial charge on any atom is -0.478 e. The van der Waals surface area contributed by atoms with Crippen molar-refractivity contribution in [2.24, 2.45) is 0 Å². The Balaban J connectivity index is 2.18. The van der Waals surface area contributed by atoms with E-state index in [-0.39, 0.29) is 0 Å². The zero-order valence-corrected chi connectivity index (χ0v) is 10.2. The standard InChI is InChI=1S/C14H15NO3/c1-9-7-15(11-4-5-18-8-11)13-6-10(14(16)17)2-3-12(9)13/h2-3,6-7,11H,4-5,8H2,1H3,(H,16,17). The summed E-state index contributed by atoms with van der Waals surface area (Å²) in [4.78, 5) is 11.1. The molecule has 1 N–H and O–H groups in total. The molecule has 1 fully saturated rings. The first kappa shape index (κ1) is 11.3. The van der Waals surface area contributed by atoms with Crippen LogP contribution in [0.25, 0.3) is 10.9 Å². The summed E-state index contributed by atoms with van der Waals surface area (Å²) in [6.07, 6.45) is 3.08. The minimum atomic E-state index is -0.884. The van der Waals surface area contributed by atoms with Crippen molar-refractivity contribution in [3.63, 3.8) is 0 Å². The van der Waals surface area contributed by atoms with Crippen LogP contribution in [0.4, 0.5) is 0 Å². The molecule has 1 aliphatic rings. The van der Waals surface area contributed by atoms with Gasteiger partial charge >= 0.3 is 5.97 Å². The van der Waals surface area contributed by atoms with Gasteiger partial charge in [0.2, 0.25) is 0 Å². The van der Waals surface area contributed by atoms with E-state index in [1.807, 2.05) is 6.07 Å². The van der Waals surface area contributed by atoms with E-state index in [9.17, 15) is 4.79 Å². The lowest BCUT2D eigenvalue weighted by atomic mass is 10.1. The fourth-order valence-corrected chi connectivity index (χ4v) is 2.60. The number of nitrogens with zero attached hydrogens (tertiary/aromatic N) is 1. The number of aryl methyl sites for hydroxylation is 1. The average Bonchev–Trinajstić information content (AvgIpc) is 2.97. The molecule has 1 atom stereocenters. The van der Waals surface area contributed by atoms with Crippen LogP contribution >= 0.6 is 0 Å². The van der Waals surface area contributed by atoms with E-state index in [1.54, 1.807) is 12.1 Å². The first-order valence-corrected chi connectivity index (χ1v) is 6.09. The lowest BCUT2D eigenvalue weighted by molar-refractivity contribution is 0.0697. The predicted octanol–water partition coefficient (Wildman–Crippen LogP) is 2.61. The summed E-state index contributed by atoms with van der Waals surface area (Å²) < 4.78 is 7.57. The molecule has 1 aliphatic heterocycles. The maximum absolute atomic E-state index is 11.1. The molecule has 3 rings (SSSR count). The summed E-state index contributed by atoms with van der Waals surface area (Å²) in [6.45, 7) is 3.54. The lowest BCUT2D eigenvalue weighted by Crippen LogP contribution is -2.07. The number of carbonyl (C=O) groups is 1. The highest BCUT2D eigenvalue weighted by Crippen LogP contribution is 2.29. The van der Waals surface area contributed by atoms with Crippen LogP contribution in [0.15, 0.2) is 24.4 Å². The van der Waals surface area contributed by atoms with Gasteiger partial charge in [-0.3, -0.25) is 0 Å². The molecule has 0 amide bonds. The van der Waals surface area contributed by atoms with Gasteiger partial charge < -0.3 is 14.4 Å². The van der Waals surface area contributed by atoms with Gasteiger partial charge in [-0.2, -0.15) is 0 Å². The summed E-state index contributed by atoms with van der Waals surface area (Å²) >= 11 is 0. The quantitative estimate of drug-likeness (QED) is 0.884. The number of benzene rings is 1. The number of fused-ring (bicyclic) bond motifs is 1. The second kappa shape index (κ2) is 4.14. The van der Waals surface area contributed by atoms with E-state index >= 15 is 0 Å². The fourth-order valence-electron chi connectivity index (χ4n) is 2.60. The molecule has 2 aromatic rings. The molecule has 4 heteroatoms. The Labute approximate surface area is 105 Å². The normalized spacial score (nSPS) is 19.5. The van der Waals surface area contributed by atoms with E-state index < -0.39 is 5.97 Å². The Kier molecular flexibility index (Phi) is 2.59. The molecule has 18 heavy (non-hydrogen) atoms. The molecule has 1 saturated heterocycles. The minimum absolute atomic E-state index is 0.324. The molecule has 1 unspecified atom stereocenters. The number of hydrogen-bond acceptors (Lipinski definition) is 2. The number of carboxylic acids is 1. The number of hydrogen-bond donors (Lipinski definition) is 1. The third-order valence-electron chi connectivity index (χ3n) is 3.58. The van der Waals surface area contributed by atoms with Gasteiger partial charge in [-0.05, 0) is 31.0 Å². The Morgan fingerprint density at radius 2 is 2.33 bits per heavy atom. The Bertz CT molecular complexity index is 609. The van der Waals surface area contributed by atoms with E-state index in [0.717, 1.165) is 23.9 Å². The Hall–Kier alpha value is -1.81. The summed E-state index contributed by atoms with van der Waals surface area (Å²) in [7, 11) is 0. The van der Waals surface area contributed by atoms with E-state index in [0.29, 0.717) is 18.2 Å². The first-order chi connectivity index (χ1) is 8.66. The maximum atomic E-state index is 11.1. The second-order valence-electron chi connectivity index (χ2n) is 4.77. The van der Waals surface area contributed by atoms with Gasteiger partial charge in [0, 0.05) is 23.7 Å². The van der Waals surface area contributed by atoms with Crippen molar-refractivity contribution in [1.82, 2.24) is 4.57 Å². The van der Waals surface area contributed by atoms with Crippen molar-refractivity contribution < 1.29 is 14.6 Å². The van der Waals surface area contributed by atoms with Crippen LogP contribution in [0.3, 0.4) is 0 Å². The van der Waals surface area contributed by atoms with Gasteiger partial charge in [0.05, 0.1) is 18.2 Å². The maximum Gasteiger partial charge on any atom is 0.335 e. The van der Waals surface area contributed by atoms with Gasteiger partial charge in [-0.15, -0.1) is 0 Å². The van der Waals surface area contributed by atoms with Crippen molar-refractivity contribution in [2.75, 3.05) is 13.2 Å². The van der Waals surface area contributed by atoms with Crippen LogP contribution in [0, 0.1) is 6.92 Å². The van der Waals surface area contributed by atoms with Crippen LogP contribution in [0.2, 0.25) is 0 Å². The third kappa shape index (κ3) is 1.69. The molecule has 0 saturated carbocycles. The van der Waals surface area contributed by atoms with Crippen LogP contribution in [0.5, 0.6) is 0 Å². The van der Waals surface area contributed by atoms with Crippen LogP contribution in [-0.4, -0.2) is 28.9 Å². The van der Waals surface area contributed by atoms with Crippen molar-refractivity contribution in [3.05, 3.63) is 35.5 Å². The summed E-state index contributed by atoms with van der Waals surface area (Å²) in [5.74, 6) is -0.884. The lowest BCUT2D eigenvalue weighted by Gasteiger charge is -2.12. The second-order valence-corrected chi connectivity index (χ2v) is 4.77. The molecule has 0 bridgehead atoms. The first-order valence-electron chi connectivity index (χ1n) is 6.09. The smallest absolute Gasteiger partial charge is 0.335 e.